The van der Waals surface area contributed by atoms with Crippen molar-refractivity contribution in [1.82, 2.24) is 10.3 Å². The van der Waals surface area contributed by atoms with Crippen molar-refractivity contribution in [1.29, 1.82) is 0 Å². The van der Waals surface area contributed by atoms with Gasteiger partial charge in [-0.2, -0.15) is 0 Å². The molecule has 0 radical (unpaired) electrons. The molecular weight excluding hydrogens is 274 g/mol. The second kappa shape index (κ2) is 7.27. The number of nitrogens with one attached hydrogen (secondary N) is 2. The summed E-state index contributed by atoms with van der Waals surface area (Å²) in [5.41, 5.74) is 3.66. The van der Waals surface area contributed by atoms with Gasteiger partial charge in [-0.1, -0.05) is 19.1 Å². The Hall–Kier alpha value is -2.07. The first-order valence-electron chi connectivity index (χ1n) is 7.98. The molecule has 1 atom stereocenters. The first-order valence-corrected chi connectivity index (χ1v) is 7.98. The van der Waals surface area contributed by atoms with Crippen LogP contribution in [-0.2, 0) is 13.0 Å². The van der Waals surface area contributed by atoms with Crippen LogP contribution in [0, 0.1) is 0 Å². The van der Waals surface area contributed by atoms with E-state index in [4.69, 9.17) is 4.74 Å². The van der Waals surface area contributed by atoms with E-state index in [9.17, 15) is 0 Å². The summed E-state index contributed by atoms with van der Waals surface area (Å²) in [6.45, 7) is 4.86. The number of aromatic nitrogens is 1. The van der Waals surface area contributed by atoms with E-state index in [1.807, 2.05) is 12.3 Å². The highest BCUT2D eigenvalue weighted by molar-refractivity contribution is 5.59. The maximum Gasteiger partial charge on any atom is 0.142 e. The van der Waals surface area contributed by atoms with Crippen LogP contribution in [0.2, 0.25) is 0 Å². The van der Waals surface area contributed by atoms with E-state index >= 15 is 0 Å². The molecule has 22 heavy (non-hydrogen) atoms. The fraction of sp³-hybridized carbons (Fsp3) is 0.389. The van der Waals surface area contributed by atoms with Crippen LogP contribution >= 0.6 is 0 Å². The molecular formula is C18H23N3O. The Balaban J connectivity index is 1.49. The van der Waals surface area contributed by atoms with Gasteiger partial charge in [0.2, 0.25) is 0 Å². The summed E-state index contributed by atoms with van der Waals surface area (Å²) in [5, 5.41) is 6.92. The van der Waals surface area contributed by atoms with Crippen LogP contribution in [0.3, 0.4) is 0 Å². The van der Waals surface area contributed by atoms with Crippen LogP contribution in [0.4, 0.5) is 5.69 Å². The fourth-order valence-electron chi connectivity index (χ4n) is 2.61. The minimum atomic E-state index is 0.291. The minimum Gasteiger partial charge on any atom is -0.486 e. The number of nitrogens with zero attached hydrogens (tertiary/aromatic N) is 1. The summed E-state index contributed by atoms with van der Waals surface area (Å²) in [5.74, 6) is 0.977. The van der Waals surface area contributed by atoms with Gasteiger partial charge in [-0.05, 0) is 48.7 Å². The van der Waals surface area contributed by atoms with E-state index in [1.54, 1.807) is 6.20 Å². The number of benzene rings is 1. The highest BCUT2D eigenvalue weighted by atomic mass is 16.5. The average Bonchev–Trinajstić information content (AvgIpc) is 2.59. The molecule has 0 spiro atoms. The first kappa shape index (κ1) is 14.9. The number of hydrogen-bond acceptors (Lipinski definition) is 4. The molecule has 0 aliphatic carbocycles. The monoisotopic (exact) mass is 297 g/mol. The van der Waals surface area contributed by atoms with Gasteiger partial charge in [0.05, 0.1) is 12.2 Å². The third-order valence-electron chi connectivity index (χ3n) is 3.96. The molecule has 4 heteroatoms. The van der Waals surface area contributed by atoms with Crippen molar-refractivity contribution in [2.75, 3.05) is 18.4 Å². The van der Waals surface area contributed by atoms with Crippen molar-refractivity contribution in [2.45, 2.75) is 32.4 Å². The predicted octanol–water partition coefficient (Wildman–Crippen LogP) is 3.00. The number of hydrogen-bond donors (Lipinski definition) is 2. The SMILES string of the molecule is CCC1CNc2cc(CCNCc3cccnc3)ccc2O1. The Morgan fingerprint density at radius 2 is 2.27 bits per heavy atom. The lowest BCUT2D eigenvalue weighted by Crippen LogP contribution is -2.30. The number of pyridine rings is 1. The molecule has 1 aliphatic heterocycles. The highest BCUT2D eigenvalue weighted by Gasteiger charge is 2.17. The van der Waals surface area contributed by atoms with Crippen LogP contribution in [0.25, 0.3) is 0 Å². The van der Waals surface area contributed by atoms with Gasteiger partial charge in [0.25, 0.3) is 0 Å². The minimum absolute atomic E-state index is 0.291. The fourth-order valence-corrected chi connectivity index (χ4v) is 2.61. The standard InChI is InChI=1S/C18H23N3O/c1-2-16-13-21-17-10-14(5-6-18(17)22-16)7-9-20-12-15-4-3-8-19-11-15/h3-6,8,10-11,16,20-21H,2,7,9,12-13H2,1H3. The van der Waals surface area contributed by atoms with E-state index in [-0.39, 0.29) is 0 Å². The van der Waals surface area contributed by atoms with Crippen molar-refractivity contribution in [3.8, 4) is 5.75 Å². The topological polar surface area (TPSA) is 46.2 Å². The molecule has 0 saturated heterocycles. The van der Waals surface area contributed by atoms with Gasteiger partial charge in [-0.15, -0.1) is 0 Å². The lowest BCUT2D eigenvalue weighted by Gasteiger charge is -2.27. The van der Waals surface area contributed by atoms with Gasteiger partial charge in [0.15, 0.2) is 0 Å². The third kappa shape index (κ3) is 3.77. The van der Waals surface area contributed by atoms with Crippen molar-refractivity contribution >= 4 is 5.69 Å². The van der Waals surface area contributed by atoms with E-state index in [0.29, 0.717) is 6.10 Å². The Morgan fingerprint density at radius 1 is 1.32 bits per heavy atom. The maximum atomic E-state index is 5.93. The Bertz CT molecular complexity index is 601. The summed E-state index contributed by atoms with van der Waals surface area (Å²) >= 11 is 0. The van der Waals surface area contributed by atoms with Gasteiger partial charge >= 0.3 is 0 Å². The number of anilines is 1. The molecule has 1 unspecified atom stereocenters. The predicted molar refractivity (Wildman–Crippen MR) is 89.3 cm³/mol. The maximum absolute atomic E-state index is 5.93. The Kier molecular flexibility index (Phi) is 4.91. The van der Waals surface area contributed by atoms with Gasteiger partial charge < -0.3 is 15.4 Å². The number of ether oxygens (including phenoxy) is 1. The van der Waals surface area contributed by atoms with Crippen LogP contribution in [0.1, 0.15) is 24.5 Å². The highest BCUT2D eigenvalue weighted by Crippen LogP contribution is 2.30. The molecule has 4 nitrogen and oxygen atoms in total. The molecule has 2 N–H and O–H groups in total. The van der Waals surface area contributed by atoms with Crippen LogP contribution in [0.15, 0.2) is 42.7 Å². The molecule has 3 rings (SSSR count). The van der Waals surface area contributed by atoms with Gasteiger partial charge in [0, 0.05) is 18.9 Å². The molecule has 1 aliphatic rings. The quantitative estimate of drug-likeness (QED) is 0.805. The summed E-state index contributed by atoms with van der Waals surface area (Å²) in [6.07, 6.45) is 6.03. The first-order chi connectivity index (χ1) is 10.8. The van der Waals surface area contributed by atoms with Crippen molar-refractivity contribution in [3.63, 3.8) is 0 Å². The average molecular weight is 297 g/mol. The Morgan fingerprint density at radius 3 is 3.09 bits per heavy atom. The van der Waals surface area contributed by atoms with E-state index in [2.05, 4.69) is 46.8 Å². The second-order valence-electron chi connectivity index (χ2n) is 5.65. The summed E-state index contributed by atoms with van der Waals surface area (Å²) in [6, 6.07) is 10.5. The molecule has 116 valence electrons. The van der Waals surface area contributed by atoms with Crippen molar-refractivity contribution < 1.29 is 4.74 Å². The molecule has 1 aromatic heterocycles. The molecule has 2 aromatic rings. The molecule has 0 saturated carbocycles. The lowest BCUT2D eigenvalue weighted by molar-refractivity contribution is 0.202. The molecule has 0 bridgehead atoms. The zero-order valence-electron chi connectivity index (χ0n) is 13.0. The smallest absolute Gasteiger partial charge is 0.142 e. The van der Waals surface area contributed by atoms with Gasteiger partial charge in [0.1, 0.15) is 11.9 Å². The van der Waals surface area contributed by atoms with E-state index < -0.39 is 0 Å². The summed E-state index contributed by atoms with van der Waals surface area (Å²) < 4.78 is 5.93. The summed E-state index contributed by atoms with van der Waals surface area (Å²) in [7, 11) is 0. The Labute approximate surface area is 131 Å². The van der Waals surface area contributed by atoms with Crippen molar-refractivity contribution in [3.05, 3.63) is 53.9 Å². The van der Waals surface area contributed by atoms with Crippen LogP contribution in [0.5, 0.6) is 5.75 Å². The molecule has 0 fully saturated rings. The van der Waals surface area contributed by atoms with Gasteiger partial charge in [-0.25, -0.2) is 0 Å². The normalized spacial score (nSPS) is 16.5. The van der Waals surface area contributed by atoms with Crippen molar-refractivity contribution in [2.24, 2.45) is 0 Å². The summed E-state index contributed by atoms with van der Waals surface area (Å²) in [4.78, 5) is 4.12. The van der Waals surface area contributed by atoms with Crippen LogP contribution in [-0.4, -0.2) is 24.2 Å². The third-order valence-corrected chi connectivity index (χ3v) is 3.96. The lowest BCUT2D eigenvalue weighted by atomic mass is 10.1. The molecule has 0 amide bonds. The van der Waals surface area contributed by atoms with E-state index in [0.717, 1.165) is 43.9 Å². The van der Waals surface area contributed by atoms with E-state index in [1.165, 1.54) is 11.1 Å². The molecule has 2 heterocycles. The zero-order valence-corrected chi connectivity index (χ0v) is 13.0. The molecule has 1 aromatic carbocycles. The van der Waals surface area contributed by atoms with Gasteiger partial charge in [-0.3, -0.25) is 4.98 Å². The second-order valence-corrected chi connectivity index (χ2v) is 5.65. The number of fused-ring (bicyclic) bond motifs is 1. The van der Waals surface area contributed by atoms with Crippen LogP contribution < -0.4 is 15.4 Å². The number of rotatable bonds is 6. The largest absolute Gasteiger partial charge is 0.486 e. The zero-order chi connectivity index (χ0) is 15.2.